The van der Waals surface area contributed by atoms with Gasteiger partial charge in [-0.3, -0.25) is 0 Å². The third kappa shape index (κ3) is 2.86. The maximum absolute atomic E-state index is 8.93. The number of rotatable bonds is 7. The molecular formula is C14H25NO. The summed E-state index contributed by atoms with van der Waals surface area (Å²) in [6, 6.07) is 0. The Bertz CT molecular complexity index is 239. The van der Waals surface area contributed by atoms with E-state index in [9.17, 15) is 0 Å². The Kier molecular flexibility index (Phi) is 4.42. The van der Waals surface area contributed by atoms with Crippen LogP contribution in [0.15, 0.2) is 12.2 Å². The van der Waals surface area contributed by atoms with Gasteiger partial charge < -0.3 is 10.4 Å². The van der Waals surface area contributed by atoms with Crippen molar-refractivity contribution in [2.45, 2.75) is 32.6 Å². The normalized spacial score (nSPS) is 33.5. The average molecular weight is 223 g/mol. The van der Waals surface area contributed by atoms with Crippen LogP contribution in [0.5, 0.6) is 0 Å². The summed E-state index contributed by atoms with van der Waals surface area (Å²) in [6.45, 7) is 4.79. The van der Waals surface area contributed by atoms with Crippen molar-refractivity contribution >= 4 is 0 Å². The minimum atomic E-state index is 0.330. The van der Waals surface area contributed by atoms with E-state index < -0.39 is 0 Å². The SMILES string of the molecule is CCC(CCO)CNCC1CC2C=CC1C2. The zero-order valence-electron chi connectivity index (χ0n) is 10.4. The van der Waals surface area contributed by atoms with E-state index in [2.05, 4.69) is 24.4 Å². The highest BCUT2D eigenvalue weighted by Crippen LogP contribution is 2.42. The standard InChI is InChI=1S/C14H25NO/c1-2-11(5-6-16)9-15-10-14-8-12-3-4-13(14)7-12/h3-4,11-16H,2,5-10H2,1H3. The van der Waals surface area contributed by atoms with E-state index >= 15 is 0 Å². The summed E-state index contributed by atoms with van der Waals surface area (Å²) in [6.07, 6.45) is 9.74. The Hall–Kier alpha value is -0.340. The number of hydrogen-bond donors (Lipinski definition) is 2. The molecule has 2 nitrogen and oxygen atoms in total. The fourth-order valence-corrected chi connectivity index (χ4v) is 3.24. The lowest BCUT2D eigenvalue weighted by Crippen LogP contribution is -2.30. The lowest BCUT2D eigenvalue weighted by atomic mass is 9.93. The second-order valence-corrected chi connectivity index (χ2v) is 5.49. The molecule has 2 heteroatoms. The third-order valence-electron chi connectivity index (χ3n) is 4.37. The van der Waals surface area contributed by atoms with Crippen LogP contribution in [-0.2, 0) is 0 Å². The van der Waals surface area contributed by atoms with Crippen molar-refractivity contribution in [3.8, 4) is 0 Å². The molecule has 0 aliphatic heterocycles. The molecule has 16 heavy (non-hydrogen) atoms. The van der Waals surface area contributed by atoms with Gasteiger partial charge in [-0.1, -0.05) is 25.5 Å². The van der Waals surface area contributed by atoms with Crippen LogP contribution >= 0.6 is 0 Å². The van der Waals surface area contributed by atoms with Crippen LogP contribution in [0.1, 0.15) is 32.6 Å². The highest BCUT2D eigenvalue weighted by molar-refractivity contribution is 5.10. The van der Waals surface area contributed by atoms with Gasteiger partial charge in [0.15, 0.2) is 0 Å². The van der Waals surface area contributed by atoms with Crippen molar-refractivity contribution in [3.05, 3.63) is 12.2 Å². The van der Waals surface area contributed by atoms with Crippen LogP contribution in [-0.4, -0.2) is 24.8 Å². The Labute approximate surface area is 99.1 Å². The summed E-state index contributed by atoms with van der Waals surface area (Å²) in [5, 5.41) is 12.5. The molecule has 0 amide bonds. The summed E-state index contributed by atoms with van der Waals surface area (Å²) in [4.78, 5) is 0. The second kappa shape index (κ2) is 5.83. The second-order valence-electron chi connectivity index (χ2n) is 5.49. The van der Waals surface area contributed by atoms with Crippen LogP contribution in [0, 0.1) is 23.7 Å². The molecule has 4 atom stereocenters. The lowest BCUT2D eigenvalue weighted by molar-refractivity contribution is 0.249. The van der Waals surface area contributed by atoms with Crippen LogP contribution in [0.25, 0.3) is 0 Å². The van der Waals surface area contributed by atoms with Gasteiger partial charge in [-0.05, 0) is 56.0 Å². The molecule has 0 heterocycles. The smallest absolute Gasteiger partial charge is 0.0434 e. The monoisotopic (exact) mass is 223 g/mol. The van der Waals surface area contributed by atoms with Gasteiger partial charge in [-0.2, -0.15) is 0 Å². The predicted octanol–water partition coefficient (Wildman–Crippen LogP) is 2.20. The Morgan fingerprint density at radius 2 is 2.25 bits per heavy atom. The van der Waals surface area contributed by atoms with E-state index in [1.165, 1.54) is 25.8 Å². The molecule has 1 fully saturated rings. The van der Waals surface area contributed by atoms with Gasteiger partial charge in [-0.25, -0.2) is 0 Å². The minimum Gasteiger partial charge on any atom is -0.396 e. The molecule has 4 unspecified atom stereocenters. The molecule has 1 saturated carbocycles. The highest BCUT2D eigenvalue weighted by atomic mass is 16.3. The van der Waals surface area contributed by atoms with Crippen LogP contribution < -0.4 is 5.32 Å². The van der Waals surface area contributed by atoms with Gasteiger partial charge in [0.2, 0.25) is 0 Å². The molecule has 2 bridgehead atoms. The summed E-state index contributed by atoms with van der Waals surface area (Å²) in [5.41, 5.74) is 0. The third-order valence-corrected chi connectivity index (χ3v) is 4.37. The van der Waals surface area contributed by atoms with Gasteiger partial charge >= 0.3 is 0 Å². The minimum absolute atomic E-state index is 0.330. The quantitative estimate of drug-likeness (QED) is 0.649. The van der Waals surface area contributed by atoms with E-state index in [4.69, 9.17) is 5.11 Å². The lowest BCUT2D eigenvalue weighted by Gasteiger charge is -2.21. The fraction of sp³-hybridized carbons (Fsp3) is 0.857. The molecule has 0 spiro atoms. The van der Waals surface area contributed by atoms with Crippen molar-refractivity contribution in [2.75, 3.05) is 19.7 Å². The van der Waals surface area contributed by atoms with Gasteiger partial charge in [0.05, 0.1) is 0 Å². The molecule has 0 radical (unpaired) electrons. The van der Waals surface area contributed by atoms with Gasteiger partial charge in [0.1, 0.15) is 0 Å². The zero-order valence-corrected chi connectivity index (χ0v) is 10.4. The van der Waals surface area contributed by atoms with E-state index in [1.807, 2.05) is 0 Å². The van der Waals surface area contributed by atoms with Gasteiger partial charge in [-0.15, -0.1) is 0 Å². The zero-order chi connectivity index (χ0) is 11.4. The maximum atomic E-state index is 8.93. The van der Waals surface area contributed by atoms with Crippen molar-refractivity contribution in [2.24, 2.45) is 23.7 Å². The van der Waals surface area contributed by atoms with Gasteiger partial charge in [0, 0.05) is 6.61 Å². The molecule has 2 N–H and O–H groups in total. The molecular weight excluding hydrogens is 198 g/mol. The van der Waals surface area contributed by atoms with Crippen molar-refractivity contribution in [1.29, 1.82) is 0 Å². The van der Waals surface area contributed by atoms with Crippen LogP contribution in [0.3, 0.4) is 0 Å². The predicted molar refractivity (Wildman–Crippen MR) is 67.2 cm³/mol. The fourth-order valence-electron chi connectivity index (χ4n) is 3.24. The number of nitrogens with one attached hydrogen (secondary N) is 1. The number of hydrogen-bond acceptors (Lipinski definition) is 2. The number of allylic oxidation sites excluding steroid dienone is 2. The Balaban J connectivity index is 1.63. The van der Waals surface area contributed by atoms with E-state index in [-0.39, 0.29) is 0 Å². The Morgan fingerprint density at radius 1 is 1.38 bits per heavy atom. The van der Waals surface area contributed by atoms with E-state index in [1.54, 1.807) is 0 Å². The van der Waals surface area contributed by atoms with Crippen molar-refractivity contribution in [3.63, 3.8) is 0 Å². The molecule has 0 saturated heterocycles. The molecule has 0 aromatic carbocycles. The maximum Gasteiger partial charge on any atom is 0.0434 e. The average Bonchev–Trinajstić information content (AvgIpc) is 2.89. The Morgan fingerprint density at radius 3 is 2.81 bits per heavy atom. The van der Waals surface area contributed by atoms with Crippen molar-refractivity contribution in [1.82, 2.24) is 5.32 Å². The number of fused-ring (bicyclic) bond motifs is 2. The first kappa shape index (κ1) is 12.1. The largest absolute Gasteiger partial charge is 0.396 e. The summed E-state index contributed by atoms with van der Waals surface area (Å²) in [5.74, 6) is 3.27. The van der Waals surface area contributed by atoms with Crippen molar-refractivity contribution < 1.29 is 5.11 Å². The topological polar surface area (TPSA) is 32.3 Å². The number of aliphatic hydroxyl groups is 1. The van der Waals surface area contributed by atoms with Crippen LogP contribution in [0.2, 0.25) is 0 Å². The summed E-state index contributed by atoms with van der Waals surface area (Å²) in [7, 11) is 0. The summed E-state index contributed by atoms with van der Waals surface area (Å²) >= 11 is 0. The van der Waals surface area contributed by atoms with Crippen LogP contribution in [0.4, 0.5) is 0 Å². The molecule has 2 aliphatic carbocycles. The van der Waals surface area contributed by atoms with E-state index in [0.717, 1.165) is 30.7 Å². The molecule has 2 rings (SSSR count). The highest BCUT2D eigenvalue weighted by Gasteiger charge is 2.34. The summed E-state index contributed by atoms with van der Waals surface area (Å²) < 4.78 is 0. The first-order valence-corrected chi connectivity index (χ1v) is 6.83. The van der Waals surface area contributed by atoms with E-state index in [0.29, 0.717) is 12.5 Å². The first-order valence-electron chi connectivity index (χ1n) is 6.83. The molecule has 92 valence electrons. The first-order chi connectivity index (χ1) is 7.83. The molecule has 2 aliphatic rings. The molecule has 0 aromatic rings. The number of aliphatic hydroxyl groups excluding tert-OH is 1. The molecule has 0 aromatic heterocycles. The van der Waals surface area contributed by atoms with Gasteiger partial charge in [0.25, 0.3) is 0 Å².